The molecule has 0 radical (unpaired) electrons. The van der Waals surface area contributed by atoms with Crippen LogP contribution in [-0.4, -0.2) is 27.5 Å². The molecule has 10 heteroatoms. The number of rotatable bonds is 7. The van der Waals surface area contributed by atoms with E-state index < -0.39 is 39.3 Å². The van der Waals surface area contributed by atoms with Crippen molar-refractivity contribution in [2.24, 2.45) is 33.8 Å². The van der Waals surface area contributed by atoms with Crippen molar-refractivity contribution in [1.29, 1.82) is 0 Å². The smallest absolute Gasteiger partial charge is 0.402 e. The molecule has 6 atom stereocenters. The molecule has 0 heterocycles. The van der Waals surface area contributed by atoms with Gasteiger partial charge in [0.25, 0.3) is 0 Å². The van der Waals surface area contributed by atoms with Crippen LogP contribution in [0.25, 0.3) is 0 Å². The predicted molar refractivity (Wildman–Crippen MR) is 104 cm³/mol. The number of esters is 1. The molecule has 0 saturated heterocycles. The first-order valence-corrected chi connectivity index (χ1v) is 11.4. The zero-order valence-electron chi connectivity index (χ0n) is 16.9. The molecule has 0 aromatic carbocycles. The van der Waals surface area contributed by atoms with Gasteiger partial charge in [0.1, 0.15) is 5.60 Å². The monoisotopic (exact) mass is 553 g/mol. The zero-order valence-corrected chi connectivity index (χ0v) is 19.0. The lowest BCUT2D eigenvalue weighted by Gasteiger charge is -2.94. The van der Waals surface area contributed by atoms with Crippen molar-refractivity contribution >= 4 is 28.6 Å². The Morgan fingerprint density at radius 1 is 1.13 bits per heavy atom. The molecule has 4 rings (SSSR count). The molecular weight excluding hydrogens is 527 g/mol. The number of alkyl halides is 7. The summed E-state index contributed by atoms with van der Waals surface area (Å²) in [5, 5.41) is 0. The Hall–Kier alpha value is -0.260. The lowest BCUT2D eigenvalue weighted by Crippen LogP contribution is -2.94. The minimum Gasteiger partial charge on any atom is -0.456 e. The second kappa shape index (κ2) is 6.20. The number of nitrogens with two attached hydrogens (primary N) is 1. The number of carbonyl (C=O) groups is 1. The summed E-state index contributed by atoms with van der Waals surface area (Å²) in [4.78, 5) is 12.5. The van der Waals surface area contributed by atoms with Gasteiger partial charge in [-0.1, -0.05) is 13.3 Å². The van der Waals surface area contributed by atoms with Gasteiger partial charge < -0.3 is 10.5 Å². The van der Waals surface area contributed by atoms with Gasteiger partial charge in [-0.2, -0.15) is 26.3 Å². The topological polar surface area (TPSA) is 52.3 Å². The summed E-state index contributed by atoms with van der Waals surface area (Å²) in [5.41, 5.74) is 1.16. The summed E-state index contributed by atoms with van der Waals surface area (Å²) in [7, 11) is 0. The van der Waals surface area contributed by atoms with E-state index in [4.69, 9.17) is 10.5 Å². The van der Waals surface area contributed by atoms with E-state index in [2.05, 4.69) is 0 Å². The SMILES string of the molecule is CCC(N)(I)C(=O)OC12CC3CC4CC(CCCC(C)(C(F)(F)F)C(F)(F)F)(C1)C432. The van der Waals surface area contributed by atoms with Crippen LogP contribution in [0.4, 0.5) is 26.3 Å². The Labute approximate surface area is 185 Å². The Balaban J connectivity index is 1.45. The van der Waals surface area contributed by atoms with E-state index in [0.29, 0.717) is 31.1 Å². The van der Waals surface area contributed by atoms with E-state index in [1.165, 1.54) is 0 Å². The van der Waals surface area contributed by atoms with E-state index in [-0.39, 0.29) is 24.2 Å². The molecule has 0 aromatic heterocycles. The fourth-order valence-corrected chi connectivity index (χ4v) is 7.59. The Kier molecular flexibility index (Phi) is 4.73. The summed E-state index contributed by atoms with van der Waals surface area (Å²) in [6.45, 7) is 2.03. The number of carbonyl (C=O) groups excluding carboxylic acids is 1. The molecule has 4 saturated carbocycles. The molecule has 172 valence electrons. The average Bonchev–Trinajstić information content (AvgIpc) is 2.54. The van der Waals surface area contributed by atoms with E-state index in [1.54, 1.807) is 6.92 Å². The molecule has 0 aromatic rings. The van der Waals surface area contributed by atoms with E-state index in [9.17, 15) is 31.1 Å². The largest absolute Gasteiger partial charge is 0.456 e. The molecule has 6 unspecified atom stereocenters. The van der Waals surface area contributed by atoms with Crippen LogP contribution in [0.1, 0.15) is 65.2 Å². The van der Waals surface area contributed by atoms with Crippen molar-refractivity contribution in [3.05, 3.63) is 0 Å². The fraction of sp³-hybridized carbons (Fsp3) is 0.950. The molecule has 0 aliphatic heterocycles. The summed E-state index contributed by atoms with van der Waals surface area (Å²) >= 11 is 1.86. The second-order valence-electron chi connectivity index (χ2n) is 10.1. The van der Waals surface area contributed by atoms with Crippen LogP contribution in [0.3, 0.4) is 0 Å². The Morgan fingerprint density at radius 3 is 2.17 bits per heavy atom. The number of hydrogen-bond donors (Lipinski definition) is 1. The van der Waals surface area contributed by atoms with Crippen molar-refractivity contribution in [3.8, 4) is 0 Å². The second-order valence-corrected chi connectivity index (χ2v) is 12.1. The highest BCUT2D eigenvalue weighted by atomic mass is 127. The van der Waals surface area contributed by atoms with Gasteiger partial charge in [-0.25, -0.2) is 4.79 Å². The molecule has 4 aliphatic rings. The van der Waals surface area contributed by atoms with Crippen LogP contribution in [0, 0.1) is 28.1 Å². The third kappa shape index (κ3) is 2.46. The van der Waals surface area contributed by atoms with Gasteiger partial charge in [-0.3, -0.25) is 0 Å². The van der Waals surface area contributed by atoms with Gasteiger partial charge in [-0.05, 0) is 91.7 Å². The number of hydrogen-bond acceptors (Lipinski definition) is 3. The normalized spacial score (nSPS) is 41.1. The van der Waals surface area contributed by atoms with Crippen LogP contribution in [0.15, 0.2) is 0 Å². The first kappa shape index (κ1) is 22.9. The first-order valence-electron chi connectivity index (χ1n) is 10.4. The van der Waals surface area contributed by atoms with Crippen molar-refractivity contribution in [3.63, 3.8) is 0 Å². The fourth-order valence-electron chi connectivity index (χ4n) is 7.48. The van der Waals surface area contributed by atoms with Crippen LogP contribution in [0.2, 0.25) is 0 Å². The Morgan fingerprint density at radius 2 is 1.70 bits per heavy atom. The van der Waals surface area contributed by atoms with Crippen LogP contribution in [0.5, 0.6) is 0 Å². The van der Waals surface area contributed by atoms with Gasteiger partial charge in [0, 0.05) is 5.41 Å². The van der Waals surface area contributed by atoms with Gasteiger partial charge in [0.05, 0.1) is 0 Å². The maximum atomic E-state index is 13.2. The summed E-state index contributed by atoms with van der Waals surface area (Å²) < 4.78 is 83.9. The molecule has 30 heavy (non-hydrogen) atoms. The minimum absolute atomic E-state index is 0.150. The third-order valence-corrected chi connectivity index (χ3v) is 10.3. The average molecular weight is 553 g/mol. The van der Waals surface area contributed by atoms with Crippen molar-refractivity contribution < 1.29 is 35.9 Å². The summed E-state index contributed by atoms with van der Waals surface area (Å²) in [6, 6.07) is 0. The van der Waals surface area contributed by atoms with Gasteiger partial charge in [-0.15, -0.1) is 0 Å². The lowest BCUT2D eigenvalue weighted by molar-refractivity contribution is -0.494. The quantitative estimate of drug-likeness (QED) is 0.141. The Bertz CT molecular complexity index is 747. The summed E-state index contributed by atoms with van der Waals surface area (Å²) in [6.07, 6.45) is -8.02. The highest BCUT2D eigenvalue weighted by Crippen LogP contribution is 2.96. The highest BCUT2D eigenvalue weighted by Gasteiger charge is 2.95. The van der Waals surface area contributed by atoms with Gasteiger partial charge in [0.2, 0.25) is 0 Å². The molecule has 3 nitrogen and oxygen atoms in total. The van der Waals surface area contributed by atoms with Crippen LogP contribution < -0.4 is 5.73 Å². The first-order chi connectivity index (χ1) is 13.5. The van der Waals surface area contributed by atoms with E-state index in [1.807, 2.05) is 22.6 Å². The van der Waals surface area contributed by atoms with Crippen molar-refractivity contribution in [2.45, 2.75) is 86.7 Å². The van der Waals surface area contributed by atoms with Gasteiger partial charge in [0.15, 0.2) is 8.96 Å². The molecule has 2 N–H and O–H groups in total. The molecule has 0 amide bonds. The molecule has 0 bridgehead atoms. The highest BCUT2D eigenvalue weighted by molar-refractivity contribution is 14.1. The van der Waals surface area contributed by atoms with Crippen LogP contribution in [-0.2, 0) is 9.53 Å². The standard InChI is InChI=1S/C20H26F6INO2/c1-3-17(27,28)13(29)30-16-9-12-7-11-8-15(10-16,18(11,12)16)6-4-5-14(2,19(21,22)23)20(24,25)26/h11-12H,3-10,28H2,1-2H3. The van der Waals surface area contributed by atoms with E-state index in [0.717, 1.165) is 19.3 Å². The summed E-state index contributed by atoms with van der Waals surface area (Å²) in [5.74, 6) is 0.237. The maximum Gasteiger partial charge on any atom is 0.402 e. The number of ether oxygens (including phenoxy) is 1. The van der Waals surface area contributed by atoms with E-state index >= 15 is 0 Å². The van der Waals surface area contributed by atoms with Gasteiger partial charge >= 0.3 is 18.3 Å². The van der Waals surface area contributed by atoms with Crippen LogP contribution >= 0.6 is 22.6 Å². The van der Waals surface area contributed by atoms with Crippen molar-refractivity contribution in [2.75, 3.05) is 0 Å². The van der Waals surface area contributed by atoms with Crippen molar-refractivity contribution in [1.82, 2.24) is 0 Å². The maximum absolute atomic E-state index is 13.2. The molecule has 1 spiro atoms. The predicted octanol–water partition coefficient (Wildman–Crippen LogP) is 5.89. The number of halogens is 7. The molecule has 4 fully saturated rings. The zero-order chi connectivity index (χ0) is 22.6. The third-order valence-electron chi connectivity index (χ3n) is 9.05. The minimum atomic E-state index is -5.34. The lowest BCUT2D eigenvalue weighted by atomic mass is 9.11. The molecule has 4 aliphatic carbocycles. The molecular formula is C20H26F6INO2.